The first-order chi connectivity index (χ1) is 11.1. The lowest BCUT2D eigenvalue weighted by molar-refractivity contribution is -0.121. The Balaban J connectivity index is 1.75. The van der Waals surface area contributed by atoms with Crippen LogP contribution in [-0.2, 0) is 17.9 Å². The summed E-state index contributed by atoms with van der Waals surface area (Å²) in [6, 6.07) is 7.47. The molecule has 23 heavy (non-hydrogen) atoms. The van der Waals surface area contributed by atoms with Crippen LogP contribution in [0.3, 0.4) is 0 Å². The average Bonchev–Trinajstić information content (AvgIpc) is 3.07. The van der Waals surface area contributed by atoms with Crippen molar-refractivity contribution in [2.45, 2.75) is 26.1 Å². The van der Waals surface area contributed by atoms with E-state index in [1.807, 2.05) is 31.2 Å². The van der Waals surface area contributed by atoms with Crippen LogP contribution in [0.4, 0.5) is 0 Å². The number of aryl methyl sites for hydroxylation is 1. The Morgan fingerprint density at radius 2 is 2.00 bits per heavy atom. The average molecular weight is 318 g/mol. The molecule has 0 aliphatic carbocycles. The van der Waals surface area contributed by atoms with Crippen LogP contribution >= 0.6 is 0 Å². The van der Waals surface area contributed by atoms with Crippen LogP contribution in [0.5, 0.6) is 0 Å². The van der Waals surface area contributed by atoms with Crippen molar-refractivity contribution in [3.8, 4) is 0 Å². The van der Waals surface area contributed by atoms with Gasteiger partial charge in [0.2, 0.25) is 5.91 Å². The number of benzene rings is 1. The fourth-order valence-corrected chi connectivity index (χ4v) is 3.10. The molecule has 0 radical (unpaired) electrons. The molecule has 7 heteroatoms. The fourth-order valence-electron chi connectivity index (χ4n) is 3.10. The highest BCUT2D eigenvalue weighted by atomic mass is 16.3. The Hall–Kier alpha value is -2.12. The van der Waals surface area contributed by atoms with Gasteiger partial charge in [-0.1, -0.05) is 12.1 Å². The van der Waals surface area contributed by atoms with Gasteiger partial charge >= 0.3 is 5.69 Å². The van der Waals surface area contributed by atoms with Gasteiger partial charge in [-0.05, 0) is 19.1 Å². The fraction of sp³-hybridized carbons (Fsp3) is 0.500. The van der Waals surface area contributed by atoms with Crippen molar-refractivity contribution in [1.82, 2.24) is 19.8 Å². The number of hydrogen-bond acceptors (Lipinski definition) is 4. The minimum Gasteiger partial charge on any atom is -0.391 e. The highest BCUT2D eigenvalue weighted by molar-refractivity contribution is 5.80. The van der Waals surface area contributed by atoms with E-state index in [2.05, 4.69) is 10.6 Å². The lowest BCUT2D eigenvalue weighted by Crippen LogP contribution is -2.38. The molecule has 1 aromatic carbocycles. The Bertz CT molecular complexity index is 764. The monoisotopic (exact) mass is 318 g/mol. The molecule has 0 bridgehead atoms. The number of para-hydroxylation sites is 2. The Morgan fingerprint density at radius 3 is 2.61 bits per heavy atom. The van der Waals surface area contributed by atoms with Gasteiger partial charge in [0.25, 0.3) is 0 Å². The minimum atomic E-state index is -0.431. The van der Waals surface area contributed by atoms with E-state index in [4.69, 9.17) is 0 Å². The van der Waals surface area contributed by atoms with Crippen LogP contribution < -0.4 is 16.3 Å². The number of nitrogens with zero attached hydrogens (tertiary/aromatic N) is 2. The molecule has 1 aromatic heterocycles. The van der Waals surface area contributed by atoms with E-state index in [1.54, 1.807) is 4.57 Å². The van der Waals surface area contributed by atoms with Crippen molar-refractivity contribution in [2.24, 2.45) is 5.92 Å². The first kappa shape index (κ1) is 15.8. The number of aromatic nitrogens is 2. The van der Waals surface area contributed by atoms with Crippen molar-refractivity contribution < 1.29 is 9.90 Å². The Kier molecular flexibility index (Phi) is 4.49. The molecule has 124 valence electrons. The maximum absolute atomic E-state index is 12.5. The van der Waals surface area contributed by atoms with Gasteiger partial charge in [0.15, 0.2) is 0 Å². The number of rotatable bonds is 5. The van der Waals surface area contributed by atoms with Crippen molar-refractivity contribution >= 4 is 16.9 Å². The minimum absolute atomic E-state index is 0.0113. The molecule has 2 atom stereocenters. The highest BCUT2D eigenvalue weighted by Crippen LogP contribution is 2.12. The summed E-state index contributed by atoms with van der Waals surface area (Å²) in [4.78, 5) is 24.7. The standard InChI is InChI=1S/C16H22N4O3/c1-2-19-12-5-3-4-6-13(12)20(16(19)23)10-15(22)18-8-11-7-17-9-14(11)21/h3-6,11,14,17,21H,2,7-10H2,1H3,(H,18,22). The molecule has 0 saturated carbocycles. The first-order valence-electron chi connectivity index (χ1n) is 7.95. The maximum Gasteiger partial charge on any atom is 0.329 e. The number of nitrogens with one attached hydrogen (secondary N) is 2. The topological polar surface area (TPSA) is 88.3 Å². The van der Waals surface area contributed by atoms with Crippen LogP contribution in [0.25, 0.3) is 11.0 Å². The highest BCUT2D eigenvalue weighted by Gasteiger charge is 2.25. The van der Waals surface area contributed by atoms with Gasteiger partial charge in [-0.2, -0.15) is 0 Å². The molecule has 2 aromatic rings. The van der Waals surface area contributed by atoms with E-state index in [0.717, 1.165) is 11.0 Å². The lowest BCUT2D eigenvalue weighted by atomic mass is 10.1. The molecular weight excluding hydrogens is 296 g/mol. The Labute approximate surface area is 133 Å². The molecular formula is C16H22N4O3. The molecule has 2 unspecified atom stereocenters. The van der Waals surface area contributed by atoms with Crippen LogP contribution in [0.2, 0.25) is 0 Å². The Morgan fingerprint density at radius 1 is 1.30 bits per heavy atom. The van der Waals surface area contributed by atoms with E-state index >= 15 is 0 Å². The number of carbonyl (C=O) groups excluding carboxylic acids is 1. The SMILES string of the molecule is CCn1c(=O)n(CC(=O)NCC2CNCC2O)c2ccccc21. The van der Waals surface area contributed by atoms with Gasteiger partial charge in [-0.15, -0.1) is 0 Å². The quantitative estimate of drug-likeness (QED) is 0.695. The van der Waals surface area contributed by atoms with E-state index < -0.39 is 6.10 Å². The van der Waals surface area contributed by atoms with Crippen molar-refractivity contribution in [3.63, 3.8) is 0 Å². The molecule has 0 spiro atoms. The van der Waals surface area contributed by atoms with E-state index in [0.29, 0.717) is 26.2 Å². The zero-order valence-corrected chi connectivity index (χ0v) is 13.2. The third-order valence-corrected chi connectivity index (χ3v) is 4.41. The number of amides is 1. The van der Waals surface area contributed by atoms with E-state index in [1.165, 1.54) is 4.57 Å². The van der Waals surface area contributed by atoms with Crippen molar-refractivity contribution in [1.29, 1.82) is 0 Å². The second-order valence-electron chi connectivity index (χ2n) is 5.89. The molecule has 3 N–H and O–H groups in total. The third-order valence-electron chi connectivity index (χ3n) is 4.41. The smallest absolute Gasteiger partial charge is 0.329 e. The number of β-amino-alcohol motifs (C(OH)–C–C–N with tert-alkyl or cyclic N) is 1. The van der Waals surface area contributed by atoms with Crippen molar-refractivity contribution in [2.75, 3.05) is 19.6 Å². The predicted octanol–water partition coefficient (Wildman–Crippen LogP) is -0.481. The third kappa shape index (κ3) is 3.02. The van der Waals surface area contributed by atoms with E-state index in [-0.39, 0.29) is 24.1 Å². The number of imidazole rings is 1. The van der Waals surface area contributed by atoms with Crippen molar-refractivity contribution in [3.05, 3.63) is 34.7 Å². The second-order valence-corrected chi connectivity index (χ2v) is 5.89. The predicted molar refractivity (Wildman–Crippen MR) is 87.2 cm³/mol. The normalized spacial score (nSPS) is 21.0. The lowest BCUT2D eigenvalue weighted by Gasteiger charge is -2.14. The number of hydrogen-bond donors (Lipinski definition) is 3. The summed E-state index contributed by atoms with van der Waals surface area (Å²) in [7, 11) is 0. The van der Waals surface area contributed by atoms with Gasteiger partial charge in [0.1, 0.15) is 6.54 Å². The molecule has 3 rings (SSSR count). The summed E-state index contributed by atoms with van der Waals surface area (Å²) in [5.41, 5.74) is 1.42. The number of fused-ring (bicyclic) bond motifs is 1. The molecule has 1 aliphatic heterocycles. The molecule has 1 fully saturated rings. The van der Waals surface area contributed by atoms with E-state index in [9.17, 15) is 14.7 Å². The number of carbonyl (C=O) groups is 1. The summed E-state index contributed by atoms with van der Waals surface area (Å²) in [6.45, 7) is 4.12. The summed E-state index contributed by atoms with van der Waals surface area (Å²) in [5, 5.41) is 15.6. The molecule has 1 saturated heterocycles. The number of aliphatic hydroxyl groups is 1. The summed E-state index contributed by atoms with van der Waals surface area (Å²) >= 11 is 0. The van der Waals surface area contributed by atoms with Crippen LogP contribution in [0.15, 0.2) is 29.1 Å². The van der Waals surface area contributed by atoms with Gasteiger partial charge < -0.3 is 15.7 Å². The summed E-state index contributed by atoms with van der Waals surface area (Å²) < 4.78 is 3.16. The zero-order valence-electron chi connectivity index (χ0n) is 13.2. The summed E-state index contributed by atoms with van der Waals surface area (Å²) in [6.07, 6.45) is -0.431. The van der Waals surface area contributed by atoms with Crippen LogP contribution in [-0.4, -0.2) is 45.9 Å². The van der Waals surface area contributed by atoms with Gasteiger partial charge in [-0.25, -0.2) is 4.79 Å². The maximum atomic E-state index is 12.5. The molecule has 1 aliphatic rings. The second kappa shape index (κ2) is 6.55. The largest absolute Gasteiger partial charge is 0.391 e. The van der Waals surface area contributed by atoms with Crippen LogP contribution in [0.1, 0.15) is 6.92 Å². The summed E-state index contributed by atoms with van der Waals surface area (Å²) in [5.74, 6) is -0.196. The van der Waals surface area contributed by atoms with Gasteiger partial charge in [-0.3, -0.25) is 13.9 Å². The number of aliphatic hydroxyl groups excluding tert-OH is 1. The van der Waals surface area contributed by atoms with Gasteiger partial charge in [0, 0.05) is 32.1 Å². The van der Waals surface area contributed by atoms with Gasteiger partial charge in [0.05, 0.1) is 17.1 Å². The molecule has 1 amide bonds. The van der Waals surface area contributed by atoms with Crippen LogP contribution in [0, 0.1) is 5.92 Å². The first-order valence-corrected chi connectivity index (χ1v) is 7.95. The molecule has 2 heterocycles. The molecule has 7 nitrogen and oxygen atoms in total. The zero-order chi connectivity index (χ0) is 16.4.